The molecule has 0 bridgehead atoms. The van der Waals surface area contributed by atoms with Crippen molar-refractivity contribution in [1.29, 1.82) is 0 Å². The van der Waals surface area contributed by atoms with E-state index in [1.165, 1.54) is 36.4 Å². The zero-order valence-corrected chi connectivity index (χ0v) is 20.8. The van der Waals surface area contributed by atoms with E-state index in [1.807, 2.05) is 20.8 Å². The zero-order chi connectivity index (χ0) is 24.8. The Labute approximate surface area is 206 Å². The summed E-state index contributed by atoms with van der Waals surface area (Å²) in [6.07, 6.45) is -3.38. The van der Waals surface area contributed by atoms with Crippen LogP contribution in [0.4, 0.5) is 13.2 Å². The molecule has 0 radical (unpaired) electrons. The Bertz CT molecular complexity index is 1000. The second-order valence-electron chi connectivity index (χ2n) is 7.36. The fourth-order valence-electron chi connectivity index (χ4n) is 3.45. The average molecular weight is 523 g/mol. The number of benzene rings is 2. The lowest BCUT2D eigenvalue weighted by Crippen LogP contribution is -2.43. The van der Waals surface area contributed by atoms with Gasteiger partial charge in [0.15, 0.2) is 0 Å². The first-order chi connectivity index (χ1) is 15.6. The largest absolute Gasteiger partial charge is 0.462 e. The molecular formula is C24H25Cl3F3NO2. The van der Waals surface area contributed by atoms with E-state index in [1.54, 1.807) is 0 Å². The predicted octanol–water partition coefficient (Wildman–Crippen LogP) is 8.32. The van der Waals surface area contributed by atoms with Gasteiger partial charge in [-0.15, -0.1) is 0 Å². The van der Waals surface area contributed by atoms with Crippen molar-refractivity contribution in [2.75, 3.05) is 13.2 Å². The Morgan fingerprint density at radius 1 is 1.09 bits per heavy atom. The zero-order valence-electron chi connectivity index (χ0n) is 18.5. The third kappa shape index (κ3) is 6.23. The first-order valence-electron chi connectivity index (χ1n) is 10.6. The summed E-state index contributed by atoms with van der Waals surface area (Å²) < 4.78 is 47.8. The molecular weight excluding hydrogens is 498 g/mol. The van der Waals surface area contributed by atoms with E-state index in [4.69, 9.17) is 39.5 Å². The van der Waals surface area contributed by atoms with Gasteiger partial charge in [-0.05, 0) is 47.9 Å². The number of rotatable bonds is 6. The van der Waals surface area contributed by atoms with Crippen molar-refractivity contribution >= 4 is 46.5 Å². The summed E-state index contributed by atoms with van der Waals surface area (Å²) in [5, 5.41) is 0.333. The molecule has 0 saturated heterocycles. The molecule has 33 heavy (non-hydrogen) atoms. The molecule has 0 aliphatic carbocycles. The van der Waals surface area contributed by atoms with Gasteiger partial charge >= 0.3 is 12.1 Å². The summed E-state index contributed by atoms with van der Waals surface area (Å²) in [4.78, 5) is 16.3. The third-order valence-corrected chi connectivity index (χ3v) is 5.97. The topological polar surface area (TPSA) is 38.7 Å². The van der Waals surface area contributed by atoms with Crippen molar-refractivity contribution < 1.29 is 22.7 Å². The number of hydrogen-bond donors (Lipinski definition) is 0. The molecule has 180 valence electrons. The van der Waals surface area contributed by atoms with E-state index in [2.05, 4.69) is 4.99 Å². The first kappa shape index (κ1) is 27.5. The van der Waals surface area contributed by atoms with Crippen LogP contribution in [0.2, 0.25) is 15.1 Å². The van der Waals surface area contributed by atoms with Gasteiger partial charge in [-0.2, -0.15) is 13.2 Å². The summed E-state index contributed by atoms with van der Waals surface area (Å²) >= 11 is 18.1. The van der Waals surface area contributed by atoms with Gasteiger partial charge in [0.05, 0.1) is 23.7 Å². The molecule has 1 heterocycles. The standard InChI is InChI=1S/C22H19Cl3F3NO2.C2H6/c1-2-3-6-31-20(30)17-5-4-13(7-18(17)25)19-11-21(12-29-19,22(26,27)28)14-8-15(23)10-16(24)9-14;1-2/h4-5,7-10H,2-3,6,11-12H2,1H3;1-2H3. The number of halogens is 6. The maximum Gasteiger partial charge on any atom is 0.400 e. The Kier molecular flexibility index (Phi) is 9.65. The van der Waals surface area contributed by atoms with E-state index >= 15 is 0 Å². The van der Waals surface area contributed by atoms with Gasteiger partial charge < -0.3 is 4.74 Å². The normalized spacial score (nSPS) is 17.8. The fraction of sp³-hybridized carbons (Fsp3) is 0.417. The Morgan fingerprint density at radius 2 is 1.73 bits per heavy atom. The minimum absolute atomic E-state index is 0.0431. The second-order valence-corrected chi connectivity index (χ2v) is 8.64. The SMILES string of the molecule is CC.CCCCOC(=O)c1ccc(C2=NCC(c3cc(Cl)cc(Cl)c3)(C(F)(F)F)C2)cc1Cl. The molecule has 0 aromatic heterocycles. The predicted molar refractivity (Wildman–Crippen MR) is 128 cm³/mol. The fourth-order valence-corrected chi connectivity index (χ4v) is 4.23. The molecule has 3 nitrogen and oxygen atoms in total. The lowest BCUT2D eigenvalue weighted by molar-refractivity contribution is -0.183. The highest BCUT2D eigenvalue weighted by Crippen LogP contribution is 2.48. The minimum Gasteiger partial charge on any atom is -0.462 e. The van der Waals surface area contributed by atoms with Crippen LogP contribution in [0.25, 0.3) is 0 Å². The molecule has 0 fully saturated rings. The van der Waals surface area contributed by atoms with Crippen LogP contribution in [0.5, 0.6) is 0 Å². The molecule has 3 rings (SSSR count). The highest BCUT2D eigenvalue weighted by molar-refractivity contribution is 6.35. The number of unbranched alkanes of at least 4 members (excludes halogenated alkanes) is 1. The average Bonchev–Trinajstić information content (AvgIpc) is 3.21. The summed E-state index contributed by atoms with van der Waals surface area (Å²) in [6, 6.07) is 8.32. The monoisotopic (exact) mass is 521 g/mol. The van der Waals surface area contributed by atoms with Crippen molar-refractivity contribution in [2.45, 2.75) is 51.6 Å². The summed E-state index contributed by atoms with van der Waals surface area (Å²) in [5.41, 5.74) is -1.49. The van der Waals surface area contributed by atoms with Crippen LogP contribution in [-0.4, -0.2) is 31.0 Å². The van der Waals surface area contributed by atoms with Crippen LogP contribution >= 0.6 is 34.8 Å². The summed E-state index contributed by atoms with van der Waals surface area (Å²) in [5.74, 6) is -0.573. The van der Waals surface area contributed by atoms with Gasteiger partial charge in [0.1, 0.15) is 5.41 Å². The van der Waals surface area contributed by atoms with Gasteiger partial charge in [-0.3, -0.25) is 4.99 Å². The summed E-state index contributed by atoms with van der Waals surface area (Å²) in [6.45, 7) is 5.74. The van der Waals surface area contributed by atoms with E-state index in [0.29, 0.717) is 5.56 Å². The molecule has 1 unspecified atom stereocenters. The van der Waals surface area contributed by atoms with Crippen LogP contribution in [0.15, 0.2) is 41.4 Å². The first-order valence-corrected chi connectivity index (χ1v) is 11.7. The molecule has 0 spiro atoms. The molecule has 2 aromatic carbocycles. The van der Waals surface area contributed by atoms with Crippen LogP contribution < -0.4 is 0 Å². The van der Waals surface area contributed by atoms with E-state index < -0.39 is 30.5 Å². The molecule has 0 saturated carbocycles. The Morgan fingerprint density at radius 3 is 2.27 bits per heavy atom. The highest BCUT2D eigenvalue weighted by Gasteiger charge is 2.58. The number of carbonyl (C=O) groups excluding carboxylic acids is 1. The number of alkyl halides is 3. The number of hydrogen-bond acceptors (Lipinski definition) is 3. The molecule has 0 N–H and O–H groups in total. The maximum atomic E-state index is 14.2. The van der Waals surface area contributed by atoms with E-state index in [-0.39, 0.29) is 38.5 Å². The van der Waals surface area contributed by atoms with Crippen LogP contribution in [0.1, 0.15) is 61.5 Å². The quantitative estimate of drug-likeness (QED) is 0.282. The molecule has 2 aromatic rings. The van der Waals surface area contributed by atoms with Crippen molar-refractivity contribution in [3.8, 4) is 0 Å². The number of carbonyl (C=O) groups is 1. The van der Waals surface area contributed by atoms with Crippen LogP contribution in [-0.2, 0) is 10.2 Å². The smallest absolute Gasteiger partial charge is 0.400 e. The number of aliphatic imine (C=N–C) groups is 1. The van der Waals surface area contributed by atoms with E-state index in [0.717, 1.165) is 12.8 Å². The molecule has 1 atom stereocenters. The highest BCUT2D eigenvalue weighted by atomic mass is 35.5. The molecule has 1 aliphatic heterocycles. The maximum absolute atomic E-state index is 14.2. The lowest BCUT2D eigenvalue weighted by atomic mass is 9.76. The van der Waals surface area contributed by atoms with Crippen molar-refractivity contribution in [3.63, 3.8) is 0 Å². The van der Waals surface area contributed by atoms with Crippen molar-refractivity contribution in [3.05, 3.63) is 68.2 Å². The number of ether oxygens (including phenoxy) is 1. The Hall–Kier alpha value is -1.76. The van der Waals surface area contributed by atoms with Gasteiger partial charge in [0.25, 0.3) is 0 Å². The number of esters is 1. The van der Waals surface area contributed by atoms with Crippen LogP contribution in [0.3, 0.4) is 0 Å². The van der Waals surface area contributed by atoms with Gasteiger partial charge in [0, 0.05) is 22.2 Å². The van der Waals surface area contributed by atoms with Crippen LogP contribution in [0, 0.1) is 0 Å². The van der Waals surface area contributed by atoms with Crippen molar-refractivity contribution in [2.24, 2.45) is 4.99 Å². The third-order valence-electron chi connectivity index (χ3n) is 5.22. The number of nitrogens with zero attached hydrogens (tertiary/aromatic N) is 1. The van der Waals surface area contributed by atoms with E-state index in [9.17, 15) is 18.0 Å². The summed E-state index contributed by atoms with van der Waals surface area (Å²) in [7, 11) is 0. The Balaban J connectivity index is 0.00000187. The van der Waals surface area contributed by atoms with Gasteiger partial charge in [-0.1, -0.05) is 68.1 Å². The molecule has 0 amide bonds. The van der Waals surface area contributed by atoms with Gasteiger partial charge in [-0.25, -0.2) is 4.79 Å². The van der Waals surface area contributed by atoms with Gasteiger partial charge in [0.2, 0.25) is 0 Å². The molecule has 1 aliphatic rings. The second kappa shape index (κ2) is 11.6. The van der Waals surface area contributed by atoms with Crippen molar-refractivity contribution in [1.82, 2.24) is 0 Å². The lowest BCUT2D eigenvalue weighted by Gasteiger charge is -2.31. The molecule has 9 heteroatoms. The minimum atomic E-state index is -4.58.